The van der Waals surface area contributed by atoms with Crippen molar-refractivity contribution in [2.45, 2.75) is 32.3 Å². The smallest absolute Gasteiger partial charge is 0.349 e. The first-order valence-electron chi connectivity index (χ1n) is 7.82. The number of carbonyl (C=O) groups excluding carboxylic acids is 2. The Balaban J connectivity index is 1.64. The van der Waals surface area contributed by atoms with Gasteiger partial charge >= 0.3 is 5.97 Å². The number of thiophene rings is 1. The van der Waals surface area contributed by atoms with Crippen molar-refractivity contribution in [3.63, 3.8) is 0 Å². The highest BCUT2D eigenvalue weighted by Crippen LogP contribution is 2.31. The summed E-state index contributed by atoms with van der Waals surface area (Å²) in [7, 11) is 0. The molecule has 1 N–H and O–H groups in total. The van der Waals surface area contributed by atoms with Crippen LogP contribution in [0.4, 0.5) is 11.4 Å². The largest absolute Gasteiger partial charge is 0.448 e. The number of amides is 1. The van der Waals surface area contributed by atoms with Crippen molar-refractivity contribution in [1.29, 1.82) is 0 Å². The lowest BCUT2D eigenvalue weighted by Gasteiger charge is -2.13. The first kappa shape index (κ1) is 17.1. The van der Waals surface area contributed by atoms with Crippen molar-refractivity contribution in [1.82, 2.24) is 0 Å². The Morgan fingerprint density at radius 1 is 1.32 bits per heavy atom. The van der Waals surface area contributed by atoms with Crippen molar-refractivity contribution in [2.24, 2.45) is 0 Å². The molecule has 3 rings (SSSR count). The number of anilines is 1. The predicted molar refractivity (Wildman–Crippen MR) is 92.9 cm³/mol. The zero-order valence-corrected chi connectivity index (χ0v) is 14.3. The number of ether oxygens (including phenoxy) is 1. The SMILES string of the molecule is C[C@H](OC(=O)c1cc2c(s1)CCC2)C(=O)Nc1ccccc1[N+](=O)[O-]. The van der Waals surface area contributed by atoms with Gasteiger partial charge in [0.25, 0.3) is 11.6 Å². The third kappa shape index (κ3) is 3.69. The minimum absolute atomic E-state index is 0.0653. The molecule has 0 bridgehead atoms. The highest BCUT2D eigenvalue weighted by Gasteiger charge is 2.24. The lowest BCUT2D eigenvalue weighted by atomic mass is 10.2. The van der Waals surface area contributed by atoms with Gasteiger partial charge in [-0.1, -0.05) is 12.1 Å². The lowest BCUT2D eigenvalue weighted by Crippen LogP contribution is -2.30. The summed E-state index contributed by atoms with van der Waals surface area (Å²) in [6.07, 6.45) is 1.98. The van der Waals surface area contributed by atoms with Gasteiger partial charge in [0.1, 0.15) is 10.6 Å². The molecule has 0 radical (unpaired) electrons. The van der Waals surface area contributed by atoms with E-state index in [1.165, 1.54) is 46.9 Å². The number of para-hydroxylation sites is 2. The third-order valence-electron chi connectivity index (χ3n) is 3.96. The maximum absolute atomic E-state index is 12.2. The molecule has 1 aliphatic carbocycles. The van der Waals surface area contributed by atoms with Gasteiger partial charge < -0.3 is 10.1 Å². The molecule has 1 amide bonds. The van der Waals surface area contributed by atoms with Crippen LogP contribution >= 0.6 is 11.3 Å². The molecule has 1 aromatic carbocycles. The van der Waals surface area contributed by atoms with Gasteiger partial charge in [-0.2, -0.15) is 0 Å². The monoisotopic (exact) mass is 360 g/mol. The fourth-order valence-corrected chi connectivity index (χ4v) is 3.81. The van der Waals surface area contributed by atoms with E-state index in [1.807, 2.05) is 6.07 Å². The summed E-state index contributed by atoms with van der Waals surface area (Å²) in [6, 6.07) is 7.62. The average molecular weight is 360 g/mol. The quantitative estimate of drug-likeness (QED) is 0.501. The van der Waals surface area contributed by atoms with Crippen LogP contribution in [0.15, 0.2) is 30.3 Å². The molecule has 0 fully saturated rings. The van der Waals surface area contributed by atoms with Gasteiger partial charge in [-0.05, 0) is 43.9 Å². The maximum Gasteiger partial charge on any atom is 0.349 e. The minimum Gasteiger partial charge on any atom is -0.448 e. The number of benzene rings is 1. The fraction of sp³-hybridized carbons (Fsp3) is 0.294. The Morgan fingerprint density at radius 3 is 2.80 bits per heavy atom. The molecule has 1 aliphatic rings. The van der Waals surface area contributed by atoms with Crippen LogP contribution in [0.3, 0.4) is 0 Å². The number of nitrogens with zero attached hydrogens (tertiary/aromatic N) is 1. The number of nitro groups is 1. The number of hydrogen-bond donors (Lipinski definition) is 1. The molecule has 0 saturated heterocycles. The third-order valence-corrected chi connectivity index (χ3v) is 5.18. The second-order valence-electron chi connectivity index (χ2n) is 5.72. The molecule has 0 unspecified atom stereocenters. The van der Waals surface area contributed by atoms with Gasteiger partial charge in [0, 0.05) is 10.9 Å². The summed E-state index contributed by atoms with van der Waals surface area (Å²) in [4.78, 5) is 36.4. The van der Waals surface area contributed by atoms with Crippen LogP contribution in [0.1, 0.15) is 33.5 Å². The van der Waals surface area contributed by atoms with Gasteiger partial charge in [0.2, 0.25) is 0 Å². The average Bonchev–Trinajstić information content (AvgIpc) is 3.16. The molecule has 0 saturated carbocycles. The Kier molecular flexibility index (Phi) is 4.80. The van der Waals surface area contributed by atoms with Crippen LogP contribution < -0.4 is 5.32 Å². The number of carbonyl (C=O) groups is 2. The molecule has 7 nitrogen and oxygen atoms in total. The van der Waals surface area contributed by atoms with E-state index in [2.05, 4.69) is 5.32 Å². The summed E-state index contributed by atoms with van der Waals surface area (Å²) < 4.78 is 5.20. The van der Waals surface area contributed by atoms with Crippen LogP contribution in [0.25, 0.3) is 0 Å². The number of nitrogens with one attached hydrogen (secondary N) is 1. The van der Waals surface area contributed by atoms with Crippen LogP contribution in [0.2, 0.25) is 0 Å². The molecule has 8 heteroatoms. The first-order chi connectivity index (χ1) is 12.0. The summed E-state index contributed by atoms with van der Waals surface area (Å²) in [5.74, 6) is -1.17. The number of esters is 1. The predicted octanol–water partition coefficient (Wildman–Crippen LogP) is 3.33. The van der Waals surface area contributed by atoms with Crippen LogP contribution in [-0.4, -0.2) is 22.9 Å². The normalized spacial score (nSPS) is 13.8. The van der Waals surface area contributed by atoms with Crippen LogP contribution in [0, 0.1) is 10.1 Å². The molecule has 1 atom stereocenters. The molecule has 1 heterocycles. The Labute approximate surface area is 147 Å². The Bertz CT molecular complexity index is 824. The van der Waals surface area contributed by atoms with Crippen molar-refractivity contribution >= 4 is 34.6 Å². The minimum atomic E-state index is -1.07. The highest BCUT2D eigenvalue weighted by atomic mass is 32.1. The zero-order chi connectivity index (χ0) is 18.0. The number of hydrogen-bond acceptors (Lipinski definition) is 6. The molecular formula is C17H16N2O5S. The van der Waals surface area contributed by atoms with Gasteiger partial charge in [0.05, 0.1) is 4.92 Å². The van der Waals surface area contributed by atoms with Crippen molar-refractivity contribution < 1.29 is 19.2 Å². The topological polar surface area (TPSA) is 98.5 Å². The van der Waals surface area contributed by atoms with Crippen LogP contribution in [0.5, 0.6) is 0 Å². The van der Waals surface area contributed by atoms with Gasteiger partial charge in [-0.15, -0.1) is 11.3 Å². The molecule has 1 aromatic heterocycles. The maximum atomic E-state index is 12.2. The number of fused-ring (bicyclic) bond motifs is 1. The summed E-state index contributed by atoms with van der Waals surface area (Å²) in [5.41, 5.74) is 1.02. The first-order valence-corrected chi connectivity index (χ1v) is 8.64. The molecule has 25 heavy (non-hydrogen) atoms. The number of rotatable bonds is 5. The molecule has 2 aromatic rings. The number of nitro benzene ring substituents is 1. The standard InChI is InChI=1S/C17H16N2O5S/c1-10(16(20)18-12-6-2-3-7-13(12)19(22)23)24-17(21)15-9-11-5-4-8-14(11)25-15/h2-3,6-7,9-10H,4-5,8H2,1H3,(H,18,20)/t10-/m0/s1. The zero-order valence-electron chi connectivity index (χ0n) is 13.5. The van der Waals surface area contributed by atoms with E-state index < -0.39 is 22.9 Å². The molecular weight excluding hydrogens is 344 g/mol. The molecule has 0 aliphatic heterocycles. The Hall–Kier alpha value is -2.74. The van der Waals surface area contributed by atoms with Crippen molar-refractivity contribution in [3.8, 4) is 0 Å². The van der Waals surface area contributed by atoms with Gasteiger partial charge in [0.15, 0.2) is 6.10 Å². The second-order valence-corrected chi connectivity index (χ2v) is 6.86. The van der Waals surface area contributed by atoms with Crippen molar-refractivity contribution in [3.05, 3.63) is 55.8 Å². The Morgan fingerprint density at radius 2 is 2.08 bits per heavy atom. The van der Waals surface area contributed by atoms with Crippen LogP contribution in [-0.2, 0) is 22.4 Å². The summed E-state index contributed by atoms with van der Waals surface area (Å²) in [5, 5.41) is 13.4. The summed E-state index contributed by atoms with van der Waals surface area (Å²) >= 11 is 1.40. The lowest BCUT2D eigenvalue weighted by molar-refractivity contribution is -0.383. The number of aryl methyl sites for hydroxylation is 2. The highest BCUT2D eigenvalue weighted by molar-refractivity contribution is 7.14. The van der Waals surface area contributed by atoms with E-state index in [0.717, 1.165) is 19.3 Å². The van der Waals surface area contributed by atoms with E-state index in [-0.39, 0.29) is 11.4 Å². The van der Waals surface area contributed by atoms with E-state index in [0.29, 0.717) is 4.88 Å². The summed E-state index contributed by atoms with van der Waals surface area (Å²) in [6.45, 7) is 1.43. The molecule has 0 spiro atoms. The van der Waals surface area contributed by atoms with Gasteiger partial charge in [-0.3, -0.25) is 14.9 Å². The van der Waals surface area contributed by atoms with E-state index >= 15 is 0 Å². The second kappa shape index (κ2) is 7.02. The van der Waals surface area contributed by atoms with Crippen molar-refractivity contribution in [2.75, 3.05) is 5.32 Å². The fourth-order valence-electron chi connectivity index (χ4n) is 2.67. The van der Waals surface area contributed by atoms with Gasteiger partial charge in [-0.25, -0.2) is 4.79 Å². The van der Waals surface area contributed by atoms with E-state index in [9.17, 15) is 19.7 Å². The van der Waals surface area contributed by atoms with E-state index in [1.54, 1.807) is 6.07 Å². The van der Waals surface area contributed by atoms with E-state index in [4.69, 9.17) is 4.74 Å². The molecule has 130 valence electrons.